The molecular weight excluding hydrogens is 430 g/mol. The summed E-state index contributed by atoms with van der Waals surface area (Å²) in [6.07, 6.45) is 0. The van der Waals surface area contributed by atoms with Gasteiger partial charge in [-0.15, -0.1) is 0 Å². The van der Waals surface area contributed by atoms with E-state index in [2.05, 4.69) is 58.3 Å². The fraction of sp³-hybridized carbons (Fsp3) is 0.333. The molecule has 0 saturated carbocycles. The van der Waals surface area contributed by atoms with E-state index in [0.29, 0.717) is 5.56 Å². The smallest absolute Gasteiger partial charge is 0.273 e. The Labute approximate surface area is 199 Å². The van der Waals surface area contributed by atoms with E-state index < -0.39 is 0 Å². The van der Waals surface area contributed by atoms with Crippen LogP contribution in [0.1, 0.15) is 22.6 Å². The standard InChI is InChI=1S/C27H29N3O4/c31-30(32)26-4-2-1-3-25(26)27(21-5-9-23(10-6-21)28-13-17-33-18-14-28)22-7-11-24(12-8-22)29-15-19-34-20-16-29/h1-12,27H,13-20H2. The number of ether oxygens (including phenoxy) is 2. The molecule has 2 aliphatic rings. The van der Waals surface area contributed by atoms with Crippen LogP contribution in [0.3, 0.4) is 0 Å². The first-order valence-corrected chi connectivity index (χ1v) is 11.8. The molecule has 0 radical (unpaired) electrons. The number of para-hydroxylation sites is 1. The normalized spacial score (nSPS) is 16.6. The summed E-state index contributed by atoms with van der Waals surface area (Å²) in [7, 11) is 0. The summed E-state index contributed by atoms with van der Waals surface area (Å²) in [6.45, 7) is 6.41. The highest BCUT2D eigenvalue weighted by Gasteiger charge is 2.25. The van der Waals surface area contributed by atoms with Gasteiger partial charge in [0.1, 0.15) is 0 Å². The predicted molar refractivity (Wildman–Crippen MR) is 133 cm³/mol. The molecule has 2 fully saturated rings. The number of hydrogen-bond acceptors (Lipinski definition) is 6. The zero-order valence-corrected chi connectivity index (χ0v) is 19.1. The van der Waals surface area contributed by atoms with E-state index in [4.69, 9.17) is 9.47 Å². The SMILES string of the molecule is O=[N+]([O-])c1ccccc1C(c1ccc(N2CCOCC2)cc1)c1ccc(N2CCOCC2)cc1. The minimum atomic E-state index is -0.285. The van der Waals surface area contributed by atoms with E-state index in [1.54, 1.807) is 12.1 Å². The van der Waals surface area contributed by atoms with Gasteiger partial charge in [-0.2, -0.15) is 0 Å². The van der Waals surface area contributed by atoms with Crippen LogP contribution >= 0.6 is 0 Å². The molecule has 2 saturated heterocycles. The van der Waals surface area contributed by atoms with Crippen molar-refractivity contribution in [2.75, 3.05) is 62.4 Å². The van der Waals surface area contributed by atoms with E-state index in [1.807, 2.05) is 12.1 Å². The summed E-state index contributed by atoms with van der Waals surface area (Å²) in [6, 6.07) is 23.9. The van der Waals surface area contributed by atoms with Crippen LogP contribution in [0.4, 0.5) is 17.1 Å². The number of morpholine rings is 2. The first-order valence-electron chi connectivity index (χ1n) is 11.8. The Hall–Kier alpha value is -3.42. The van der Waals surface area contributed by atoms with Crippen molar-refractivity contribution in [1.29, 1.82) is 0 Å². The lowest BCUT2D eigenvalue weighted by Gasteiger charge is -2.30. The average molecular weight is 460 g/mol. The Kier molecular flexibility index (Phi) is 6.74. The lowest BCUT2D eigenvalue weighted by atomic mass is 9.84. The van der Waals surface area contributed by atoms with Crippen molar-refractivity contribution >= 4 is 17.1 Å². The van der Waals surface area contributed by atoms with Crippen LogP contribution in [0.5, 0.6) is 0 Å². The third-order valence-electron chi connectivity index (χ3n) is 6.65. The number of nitro benzene ring substituents is 1. The van der Waals surface area contributed by atoms with Crippen LogP contribution in [-0.4, -0.2) is 57.5 Å². The quantitative estimate of drug-likeness (QED) is 0.308. The van der Waals surface area contributed by atoms with Crippen LogP contribution in [0.2, 0.25) is 0 Å². The van der Waals surface area contributed by atoms with E-state index in [0.717, 1.165) is 75.1 Å². The van der Waals surface area contributed by atoms with Gasteiger partial charge in [0.2, 0.25) is 0 Å². The molecule has 0 atom stereocenters. The molecule has 34 heavy (non-hydrogen) atoms. The van der Waals surface area contributed by atoms with Gasteiger partial charge < -0.3 is 19.3 Å². The second-order valence-corrected chi connectivity index (χ2v) is 8.63. The highest BCUT2D eigenvalue weighted by atomic mass is 16.6. The topological polar surface area (TPSA) is 68.1 Å². The number of hydrogen-bond donors (Lipinski definition) is 0. The van der Waals surface area contributed by atoms with Gasteiger partial charge in [0.25, 0.3) is 5.69 Å². The fourth-order valence-corrected chi connectivity index (χ4v) is 4.85. The average Bonchev–Trinajstić information content (AvgIpc) is 2.91. The lowest BCUT2D eigenvalue weighted by Crippen LogP contribution is -2.36. The van der Waals surface area contributed by atoms with Gasteiger partial charge in [-0.3, -0.25) is 10.1 Å². The molecule has 0 N–H and O–H groups in total. The van der Waals surface area contributed by atoms with Gasteiger partial charge in [-0.25, -0.2) is 0 Å². The van der Waals surface area contributed by atoms with Gasteiger partial charge in [0, 0.05) is 55.1 Å². The van der Waals surface area contributed by atoms with Gasteiger partial charge in [-0.05, 0) is 35.4 Å². The van der Waals surface area contributed by atoms with E-state index >= 15 is 0 Å². The largest absolute Gasteiger partial charge is 0.378 e. The molecule has 0 aromatic heterocycles. The molecule has 5 rings (SSSR count). The number of anilines is 2. The maximum Gasteiger partial charge on any atom is 0.273 e. The molecule has 0 spiro atoms. The fourth-order valence-electron chi connectivity index (χ4n) is 4.85. The Balaban J connectivity index is 1.51. The van der Waals surface area contributed by atoms with Gasteiger partial charge >= 0.3 is 0 Å². The van der Waals surface area contributed by atoms with Crippen LogP contribution in [0.25, 0.3) is 0 Å². The summed E-state index contributed by atoms with van der Waals surface area (Å²) in [5, 5.41) is 11.9. The maximum absolute atomic E-state index is 11.9. The molecule has 7 nitrogen and oxygen atoms in total. The molecule has 0 amide bonds. The van der Waals surface area contributed by atoms with Crippen LogP contribution in [0.15, 0.2) is 72.8 Å². The molecule has 3 aromatic carbocycles. The maximum atomic E-state index is 11.9. The number of benzene rings is 3. The molecule has 2 heterocycles. The molecule has 3 aromatic rings. The minimum Gasteiger partial charge on any atom is -0.378 e. The van der Waals surface area contributed by atoms with Gasteiger partial charge in [0.05, 0.1) is 31.4 Å². The molecular formula is C27H29N3O4. The van der Waals surface area contributed by atoms with E-state index in [1.165, 1.54) is 0 Å². The summed E-state index contributed by atoms with van der Waals surface area (Å²) in [5.41, 5.74) is 5.20. The summed E-state index contributed by atoms with van der Waals surface area (Å²) >= 11 is 0. The van der Waals surface area contributed by atoms with Crippen molar-refractivity contribution in [2.45, 2.75) is 5.92 Å². The zero-order valence-electron chi connectivity index (χ0n) is 19.1. The van der Waals surface area contributed by atoms with E-state index in [-0.39, 0.29) is 16.5 Å². The predicted octanol–water partition coefficient (Wildman–Crippen LogP) is 4.45. The van der Waals surface area contributed by atoms with Crippen molar-refractivity contribution < 1.29 is 14.4 Å². The monoisotopic (exact) mass is 459 g/mol. The highest BCUT2D eigenvalue weighted by Crippen LogP contribution is 2.38. The number of nitrogens with zero attached hydrogens (tertiary/aromatic N) is 3. The molecule has 176 valence electrons. The van der Waals surface area contributed by atoms with Gasteiger partial charge in [-0.1, -0.05) is 42.5 Å². The number of nitro groups is 1. The van der Waals surface area contributed by atoms with Crippen molar-refractivity contribution in [2.24, 2.45) is 0 Å². The minimum absolute atomic E-state index is 0.141. The third-order valence-corrected chi connectivity index (χ3v) is 6.65. The molecule has 2 aliphatic heterocycles. The van der Waals surface area contributed by atoms with Crippen molar-refractivity contribution in [1.82, 2.24) is 0 Å². The Morgan fingerprint density at radius 2 is 1.12 bits per heavy atom. The Morgan fingerprint density at radius 1 is 0.676 bits per heavy atom. The van der Waals surface area contributed by atoms with Gasteiger partial charge in [0.15, 0.2) is 0 Å². The third kappa shape index (κ3) is 4.76. The molecule has 0 aliphatic carbocycles. The lowest BCUT2D eigenvalue weighted by molar-refractivity contribution is -0.385. The first kappa shape index (κ1) is 22.4. The second kappa shape index (κ2) is 10.2. The van der Waals surface area contributed by atoms with Crippen molar-refractivity contribution in [3.8, 4) is 0 Å². The summed E-state index contributed by atoms with van der Waals surface area (Å²) in [4.78, 5) is 16.2. The zero-order chi connectivity index (χ0) is 23.3. The van der Waals surface area contributed by atoms with Crippen molar-refractivity contribution in [3.63, 3.8) is 0 Å². The van der Waals surface area contributed by atoms with Crippen LogP contribution in [-0.2, 0) is 9.47 Å². The number of rotatable bonds is 6. The summed E-state index contributed by atoms with van der Waals surface area (Å²) in [5.74, 6) is -0.237. The Bertz CT molecular complexity index is 1040. The molecule has 0 unspecified atom stereocenters. The van der Waals surface area contributed by atoms with Crippen LogP contribution in [0, 0.1) is 10.1 Å². The molecule has 7 heteroatoms. The van der Waals surface area contributed by atoms with Crippen molar-refractivity contribution in [3.05, 3.63) is 99.6 Å². The highest BCUT2D eigenvalue weighted by molar-refractivity contribution is 5.57. The molecule has 0 bridgehead atoms. The summed E-state index contributed by atoms with van der Waals surface area (Å²) < 4.78 is 10.9. The van der Waals surface area contributed by atoms with Crippen LogP contribution < -0.4 is 9.80 Å². The van der Waals surface area contributed by atoms with E-state index in [9.17, 15) is 10.1 Å². The second-order valence-electron chi connectivity index (χ2n) is 8.63. The Morgan fingerprint density at radius 3 is 1.56 bits per heavy atom. The first-order chi connectivity index (χ1) is 16.7.